The molecule has 220 valence electrons. The monoisotopic (exact) mass is 597 g/mol. The summed E-state index contributed by atoms with van der Waals surface area (Å²) in [6.07, 6.45) is -13.7. The van der Waals surface area contributed by atoms with E-state index in [-0.39, 0.29) is 41.8 Å². The number of likely N-dealkylation sites (tertiary alicyclic amines) is 1. The van der Waals surface area contributed by atoms with Crippen LogP contribution in [0.1, 0.15) is 50.3 Å². The number of carbonyl (C=O) groups is 1. The lowest BCUT2D eigenvalue weighted by Gasteiger charge is -2.43. The van der Waals surface area contributed by atoms with Gasteiger partial charge in [-0.1, -0.05) is 18.2 Å². The number of benzene rings is 2. The summed E-state index contributed by atoms with van der Waals surface area (Å²) in [5.41, 5.74) is -7.92. The summed E-state index contributed by atoms with van der Waals surface area (Å²) < 4.78 is 127. The van der Waals surface area contributed by atoms with E-state index in [0.717, 1.165) is 30.3 Å². The van der Waals surface area contributed by atoms with E-state index in [1.165, 1.54) is 4.90 Å². The number of sulfone groups is 1. The second kappa shape index (κ2) is 9.33. The number of hydrogen-bond acceptors (Lipinski definition) is 5. The zero-order valence-corrected chi connectivity index (χ0v) is 22.3. The van der Waals surface area contributed by atoms with Crippen LogP contribution >= 0.6 is 0 Å². The standard InChI is InChI=1S/C26H26F7NO5S/c1-22(2,3)39-21(35)34-13-12-23(40(37,38)18-8-6-17(27)7-9-18)19-10-5-16(14-15(19)4-11-20(23)34)24(36,25(28,29)30)26(31,32)33/h5-10,14,20,36H,4,11-13H2,1-3H3/t20-,23-/m1/s1. The summed E-state index contributed by atoms with van der Waals surface area (Å²) in [6, 6.07) is 4.46. The third kappa shape index (κ3) is 4.52. The van der Waals surface area contributed by atoms with Gasteiger partial charge >= 0.3 is 18.4 Å². The van der Waals surface area contributed by atoms with Gasteiger partial charge in [-0.3, -0.25) is 0 Å². The maximum Gasteiger partial charge on any atom is 0.430 e. The maximum atomic E-state index is 14.2. The molecule has 6 nitrogen and oxygen atoms in total. The van der Waals surface area contributed by atoms with E-state index in [2.05, 4.69) is 0 Å². The Balaban J connectivity index is 1.94. The van der Waals surface area contributed by atoms with Gasteiger partial charge in [0.2, 0.25) is 0 Å². The zero-order chi connectivity index (χ0) is 30.1. The Kier molecular flexibility index (Phi) is 7.02. The largest absolute Gasteiger partial charge is 0.444 e. The molecule has 0 unspecified atom stereocenters. The van der Waals surface area contributed by atoms with Gasteiger partial charge in [0.1, 0.15) is 16.2 Å². The lowest BCUT2D eigenvalue weighted by atomic mass is 9.76. The summed E-state index contributed by atoms with van der Waals surface area (Å²) in [4.78, 5) is 13.9. The number of fused-ring (bicyclic) bond motifs is 3. The predicted octanol–water partition coefficient (Wildman–Crippen LogP) is 5.76. The average Bonchev–Trinajstić information content (AvgIpc) is 3.23. The van der Waals surface area contributed by atoms with Gasteiger partial charge in [0.15, 0.2) is 9.84 Å². The van der Waals surface area contributed by atoms with Crippen molar-refractivity contribution < 1.29 is 53.8 Å². The molecule has 0 bridgehead atoms. The summed E-state index contributed by atoms with van der Waals surface area (Å²) in [6.45, 7) is 4.66. The molecule has 0 saturated carbocycles. The van der Waals surface area contributed by atoms with Crippen molar-refractivity contribution in [3.05, 3.63) is 65.0 Å². The van der Waals surface area contributed by atoms with Crippen molar-refractivity contribution in [2.45, 2.75) is 79.3 Å². The smallest absolute Gasteiger partial charge is 0.430 e. The number of aryl methyl sites for hydroxylation is 1. The molecule has 0 spiro atoms. The second-order valence-electron chi connectivity index (χ2n) is 10.9. The molecule has 1 aliphatic carbocycles. The van der Waals surface area contributed by atoms with Crippen LogP contribution < -0.4 is 0 Å². The van der Waals surface area contributed by atoms with Gasteiger partial charge < -0.3 is 14.7 Å². The Morgan fingerprint density at radius 3 is 2.10 bits per heavy atom. The van der Waals surface area contributed by atoms with Gasteiger partial charge in [-0.2, -0.15) is 26.3 Å². The minimum Gasteiger partial charge on any atom is -0.444 e. The van der Waals surface area contributed by atoms with Crippen LogP contribution in [0.2, 0.25) is 0 Å². The van der Waals surface area contributed by atoms with Crippen molar-refractivity contribution in [1.82, 2.24) is 4.90 Å². The SMILES string of the molecule is CC(C)(C)OC(=O)N1CC[C@@]2(S(=O)(=O)c3ccc(F)cc3)c3ccc(C(O)(C(F)(F)F)C(F)(F)F)cc3CC[C@@H]12. The Hall–Kier alpha value is -2.87. The number of rotatable bonds is 3. The molecule has 0 radical (unpaired) electrons. The normalized spacial score (nSPS) is 22.1. The fraction of sp³-hybridized carbons (Fsp3) is 0.500. The van der Waals surface area contributed by atoms with Crippen molar-refractivity contribution in [2.75, 3.05) is 6.54 Å². The molecular formula is C26H26F7NO5S. The molecule has 1 heterocycles. The fourth-order valence-corrected chi connectivity index (χ4v) is 7.97. The minimum atomic E-state index is -6.13. The van der Waals surface area contributed by atoms with E-state index >= 15 is 0 Å². The van der Waals surface area contributed by atoms with Crippen LogP contribution in [0.25, 0.3) is 0 Å². The van der Waals surface area contributed by atoms with Crippen molar-refractivity contribution in [3.8, 4) is 0 Å². The highest BCUT2D eigenvalue weighted by Crippen LogP contribution is 2.55. The van der Waals surface area contributed by atoms with Gasteiger partial charge in [0.25, 0.3) is 5.60 Å². The number of carbonyl (C=O) groups excluding carboxylic acids is 1. The maximum absolute atomic E-state index is 14.2. The zero-order valence-electron chi connectivity index (χ0n) is 21.5. The summed E-state index contributed by atoms with van der Waals surface area (Å²) in [7, 11) is -4.53. The third-order valence-electron chi connectivity index (χ3n) is 7.36. The molecule has 2 aromatic carbocycles. The molecule has 0 aromatic heterocycles. The number of amides is 1. The van der Waals surface area contributed by atoms with Crippen LogP contribution in [0.3, 0.4) is 0 Å². The molecule has 2 aromatic rings. The first kappa shape index (κ1) is 30.1. The molecule has 1 N–H and O–H groups in total. The van der Waals surface area contributed by atoms with Crippen LogP contribution in [0, 0.1) is 5.82 Å². The Morgan fingerprint density at radius 2 is 1.57 bits per heavy atom. The van der Waals surface area contributed by atoms with Gasteiger partial charge in [-0.05, 0) is 75.4 Å². The second-order valence-corrected chi connectivity index (χ2v) is 13.1. The molecule has 14 heteroatoms. The van der Waals surface area contributed by atoms with Crippen molar-refractivity contribution in [1.29, 1.82) is 0 Å². The van der Waals surface area contributed by atoms with Gasteiger partial charge in [0, 0.05) is 12.1 Å². The molecule has 1 aliphatic heterocycles. The van der Waals surface area contributed by atoms with E-state index in [9.17, 15) is 49.1 Å². The van der Waals surface area contributed by atoms with Crippen LogP contribution in [-0.4, -0.2) is 55.1 Å². The van der Waals surface area contributed by atoms with Gasteiger partial charge in [0.05, 0.1) is 10.9 Å². The quantitative estimate of drug-likeness (QED) is 0.359. The first-order valence-corrected chi connectivity index (χ1v) is 13.6. The number of ether oxygens (including phenoxy) is 1. The van der Waals surface area contributed by atoms with E-state index in [1.807, 2.05) is 0 Å². The van der Waals surface area contributed by atoms with Gasteiger partial charge in [-0.15, -0.1) is 0 Å². The van der Waals surface area contributed by atoms with Crippen LogP contribution in [0.15, 0.2) is 47.4 Å². The fourth-order valence-electron chi connectivity index (χ4n) is 5.60. The highest BCUT2D eigenvalue weighted by atomic mass is 32.2. The third-order valence-corrected chi connectivity index (χ3v) is 9.90. The molecule has 1 saturated heterocycles. The van der Waals surface area contributed by atoms with Gasteiger partial charge in [-0.25, -0.2) is 17.6 Å². The molecule has 1 fully saturated rings. The Bertz CT molecular complexity index is 1400. The van der Waals surface area contributed by atoms with E-state index in [0.29, 0.717) is 12.1 Å². The Morgan fingerprint density at radius 1 is 1.00 bits per heavy atom. The molecule has 1 amide bonds. The van der Waals surface area contributed by atoms with Crippen LogP contribution in [-0.2, 0) is 31.3 Å². The van der Waals surface area contributed by atoms with Crippen molar-refractivity contribution >= 4 is 15.9 Å². The van der Waals surface area contributed by atoms with Crippen molar-refractivity contribution in [3.63, 3.8) is 0 Å². The minimum absolute atomic E-state index is 0.102. The lowest BCUT2D eigenvalue weighted by molar-refractivity contribution is -0.376. The number of alkyl halides is 6. The molecule has 2 atom stereocenters. The molecule has 40 heavy (non-hydrogen) atoms. The highest BCUT2D eigenvalue weighted by Gasteiger charge is 2.72. The summed E-state index contributed by atoms with van der Waals surface area (Å²) in [5, 5.41) is 9.92. The predicted molar refractivity (Wildman–Crippen MR) is 127 cm³/mol. The molecule has 2 aliphatic rings. The number of nitrogens with zero attached hydrogens (tertiary/aromatic N) is 1. The summed E-state index contributed by atoms with van der Waals surface area (Å²) in [5.74, 6) is -0.734. The van der Waals surface area contributed by atoms with E-state index < -0.39 is 61.7 Å². The Labute approximate surface area is 225 Å². The van der Waals surface area contributed by atoms with E-state index in [4.69, 9.17) is 4.74 Å². The van der Waals surface area contributed by atoms with Crippen LogP contribution in [0.5, 0.6) is 0 Å². The molecular weight excluding hydrogens is 571 g/mol. The summed E-state index contributed by atoms with van der Waals surface area (Å²) >= 11 is 0. The van der Waals surface area contributed by atoms with Crippen LogP contribution in [0.4, 0.5) is 35.5 Å². The van der Waals surface area contributed by atoms with Crippen molar-refractivity contribution in [2.24, 2.45) is 0 Å². The number of aliphatic hydroxyl groups is 1. The molecule has 4 rings (SSSR count). The lowest BCUT2D eigenvalue weighted by Crippen LogP contribution is -2.55. The number of hydrogen-bond donors (Lipinski definition) is 1. The number of halogens is 7. The topological polar surface area (TPSA) is 83.9 Å². The average molecular weight is 598 g/mol. The first-order chi connectivity index (χ1) is 18.2. The first-order valence-electron chi connectivity index (χ1n) is 12.2. The van der Waals surface area contributed by atoms with E-state index in [1.54, 1.807) is 20.8 Å². The highest BCUT2D eigenvalue weighted by molar-refractivity contribution is 7.92.